The highest BCUT2D eigenvalue weighted by molar-refractivity contribution is 5.46. The summed E-state index contributed by atoms with van der Waals surface area (Å²) in [6, 6.07) is 8.31. The number of aliphatic hydroxyl groups is 1. The molecule has 3 heteroatoms. The molecule has 1 saturated carbocycles. The first-order valence-electron chi connectivity index (χ1n) is 5.78. The average Bonchev–Trinajstić information content (AvgIpc) is 3.13. The zero-order valence-corrected chi connectivity index (χ0v) is 9.65. The van der Waals surface area contributed by atoms with E-state index in [1.54, 1.807) is 7.11 Å². The number of hydrogen-bond acceptors (Lipinski definition) is 3. The van der Waals surface area contributed by atoms with E-state index in [0.29, 0.717) is 6.04 Å². The third-order valence-electron chi connectivity index (χ3n) is 3.00. The Labute approximate surface area is 96.4 Å². The number of ether oxygens (including phenoxy) is 1. The fourth-order valence-electron chi connectivity index (χ4n) is 1.95. The van der Waals surface area contributed by atoms with Gasteiger partial charge >= 0.3 is 0 Å². The second kappa shape index (κ2) is 5.32. The van der Waals surface area contributed by atoms with Gasteiger partial charge in [0.2, 0.25) is 0 Å². The van der Waals surface area contributed by atoms with Crippen molar-refractivity contribution in [1.29, 1.82) is 0 Å². The topological polar surface area (TPSA) is 41.5 Å². The lowest BCUT2D eigenvalue weighted by Crippen LogP contribution is -2.27. The van der Waals surface area contributed by atoms with E-state index in [-0.39, 0.29) is 6.61 Å². The fraction of sp³-hybridized carbons (Fsp3) is 0.538. The summed E-state index contributed by atoms with van der Waals surface area (Å²) in [6.07, 6.45) is 2.58. The number of nitrogens with one attached hydrogen (secondary N) is 1. The van der Waals surface area contributed by atoms with Gasteiger partial charge in [0, 0.05) is 12.8 Å². The molecule has 16 heavy (non-hydrogen) atoms. The van der Waals surface area contributed by atoms with Crippen LogP contribution in [0.2, 0.25) is 0 Å². The molecule has 2 N–H and O–H groups in total. The predicted octanol–water partition coefficient (Wildman–Crippen LogP) is 2.02. The summed E-state index contributed by atoms with van der Waals surface area (Å²) in [6.45, 7) is 0.835. The molecule has 1 fully saturated rings. The van der Waals surface area contributed by atoms with Crippen molar-refractivity contribution in [1.82, 2.24) is 0 Å². The van der Waals surface area contributed by atoms with Gasteiger partial charge in [0.25, 0.3) is 0 Å². The Bertz CT molecular complexity index is 336. The molecule has 1 aromatic rings. The van der Waals surface area contributed by atoms with E-state index >= 15 is 0 Å². The molecule has 0 radical (unpaired) electrons. The quantitative estimate of drug-likeness (QED) is 0.772. The van der Waals surface area contributed by atoms with E-state index in [2.05, 4.69) is 5.32 Å². The molecule has 1 unspecified atom stereocenters. The minimum atomic E-state index is 0.0912. The first-order chi connectivity index (χ1) is 7.83. The first-order valence-corrected chi connectivity index (χ1v) is 5.78. The summed E-state index contributed by atoms with van der Waals surface area (Å²) in [5.74, 6) is 0.748. The summed E-state index contributed by atoms with van der Waals surface area (Å²) >= 11 is 0. The lowest BCUT2D eigenvalue weighted by atomic mass is 10.1. The van der Waals surface area contributed by atoms with E-state index in [1.807, 2.05) is 24.3 Å². The van der Waals surface area contributed by atoms with Gasteiger partial charge in [-0.1, -0.05) is 12.1 Å². The summed E-state index contributed by atoms with van der Waals surface area (Å²) in [7, 11) is 1.74. The van der Waals surface area contributed by atoms with Gasteiger partial charge in [-0.25, -0.2) is 0 Å². The molecule has 1 aliphatic rings. The number of rotatable bonds is 6. The van der Waals surface area contributed by atoms with Gasteiger partial charge in [0.1, 0.15) is 0 Å². The third-order valence-corrected chi connectivity index (χ3v) is 3.00. The van der Waals surface area contributed by atoms with Crippen molar-refractivity contribution in [2.75, 3.05) is 19.0 Å². The molecule has 1 aliphatic carbocycles. The molecule has 0 bridgehead atoms. The van der Waals surface area contributed by atoms with Gasteiger partial charge in [0.05, 0.1) is 19.3 Å². The van der Waals surface area contributed by atoms with Gasteiger partial charge in [-0.15, -0.1) is 0 Å². The van der Waals surface area contributed by atoms with E-state index < -0.39 is 0 Å². The monoisotopic (exact) mass is 221 g/mol. The van der Waals surface area contributed by atoms with E-state index in [4.69, 9.17) is 9.84 Å². The van der Waals surface area contributed by atoms with Gasteiger partial charge in [-0.3, -0.25) is 0 Å². The van der Waals surface area contributed by atoms with Gasteiger partial charge < -0.3 is 15.2 Å². The van der Waals surface area contributed by atoms with Crippen molar-refractivity contribution in [3.63, 3.8) is 0 Å². The molecule has 0 amide bonds. The van der Waals surface area contributed by atoms with Crippen LogP contribution in [0, 0.1) is 5.92 Å². The van der Waals surface area contributed by atoms with Crippen LogP contribution in [-0.2, 0) is 11.3 Å². The van der Waals surface area contributed by atoms with Crippen LogP contribution in [-0.4, -0.2) is 24.9 Å². The summed E-state index contributed by atoms with van der Waals surface area (Å²) < 4.78 is 5.22. The Hall–Kier alpha value is -1.06. The van der Waals surface area contributed by atoms with Crippen LogP contribution >= 0.6 is 0 Å². The highest BCUT2D eigenvalue weighted by Crippen LogP contribution is 2.34. The van der Waals surface area contributed by atoms with E-state index in [0.717, 1.165) is 23.8 Å². The fourth-order valence-corrected chi connectivity index (χ4v) is 1.95. The van der Waals surface area contributed by atoms with Gasteiger partial charge in [-0.2, -0.15) is 0 Å². The van der Waals surface area contributed by atoms with Crippen LogP contribution < -0.4 is 5.32 Å². The van der Waals surface area contributed by atoms with Crippen LogP contribution in [0.15, 0.2) is 24.3 Å². The number of benzene rings is 1. The van der Waals surface area contributed by atoms with Crippen LogP contribution in [0.25, 0.3) is 0 Å². The largest absolute Gasteiger partial charge is 0.392 e. The minimum absolute atomic E-state index is 0.0912. The maximum absolute atomic E-state index is 9.07. The standard InChI is InChI=1S/C13H19NO2/c1-16-9-13(11-5-6-11)14-12-4-2-3-10(7-12)8-15/h2-4,7,11,13-15H,5-6,8-9H2,1H3. The number of hydrogen-bond donors (Lipinski definition) is 2. The molecule has 88 valence electrons. The smallest absolute Gasteiger partial charge is 0.0682 e. The van der Waals surface area contributed by atoms with Crippen molar-refractivity contribution in [3.05, 3.63) is 29.8 Å². The zero-order valence-electron chi connectivity index (χ0n) is 9.65. The lowest BCUT2D eigenvalue weighted by Gasteiger charge is -2.19. The van der Waals surface area contributed by atoms with Crippen LogP contribution in [0.4, 0.5) is 5.69 Å². The van der Waals surface area contributed by atoms with Crippen molar-refractivity contribution in [2.45, 2.75) is 25.5 Å². The molecular weight excluding hydrogens is 202 g/mol. The summed E-state index contributed by atoms with van der Waals surface area (Å²) in [5, 5.41) is 12.5. The van der Waals surface area contributed by atoms with E-state index in [1.165, 1.54) is 12.8 Å². The Morgan fingerprint density at radius 3 is 2.94 bits per heavy atom. The second-order valence-corrected chi connectivity index (χ2v) is 4.40. The third kappa shape index (κ3) is 2.97. The average molecular weight is 221 g/mol. The van der Waals surface area contributed by atoms with Crippen molar-refractivity contribution in [2.24, 2.45) is 5.92 Å². The molecule has 0 heterocycles. The van der Waals surface area contributed by atoms with Crippen molar-refractivity contribution >= 4 is 5.69 Å². The maximum atomic E-state index is 9.07. The molecule has 2 rings (SSSR count). The molecule has 0 aliphatic heterocycles. The summed E-state index contributed by atoms with van der Waals surface area (Å²) in [4.78, 5) is 0. The van der Waals surface area contributed by atoms with Gasteiger partial charge in [-0.05, 0) is 36.5 Å². The molecule has 0 spiro atoms. The van der Waals surface area contributed by atoms with Gasteiger partial charge in [0.15, 0.2) is 0 Å². The molecule has 1 atom stereocenters. The minimum Gasteiger partial charge on any atom is -0.392 e. The normalized spacial score (nSPS) is 17.1. The van der Waals surface area contributed by atoms with Crippen LogP contribution in [0.3, 0.4) is 0 Å². The molecule has 3 nitrogen and oxygen atoms in total. The van der Waals surface area contributed by atoms with Crippen LogP contribution in [0.5, 0.6) is 0 Å². The second-order valence-electron chi connectivity index (χ2n) is 4.40. The molecule has 1 aromatic carbocycles. The predicted molar refractivity (Wildman–Crippen MR) is 64.4 cm³/mol. The number of aliphatic hydroxyl groups excluding tert-OH is 1. The molecule has 0 aromatic heterocycles. The Morgan fingerprint density at radius 2 is 2.31 bits per heavy atom. The Morgan fingerprint density at radius 1 is 1.50 bits per heavy atom. The van der Waals surface area contributed by atoms with Crippen molar-refractivity contribution < 1.29 is 9.84 Å². The Kier molecular flexibility index (Phi) is 3.80. The maximum Gasteiger partial charge on any atom is 0.0682 e. The van der Waals surface area contributed by atoms with Crippen LogP contribution in [0.1, 0.15) is 18.4 Å². The first kappa shape index (κ1) is 11.4. The SMILES string of the molecule is COCC(Nc1cccc(CO)c1)C1CC1. The lowest BCUT2D eigenvalue weighted by molar-refractivity contribution is 0.179. The molecule has 0 saturated heterocycles. The number of anilines is 1. The highest BCUT2D eigenvalue weighted by atomic mass is 16.5. The zero-order chi connectivity index (χ0) is 11.4. The highest BCUT2D eigenvalue weighted by Gasteiger charge is 2.30. The Balaban J connectivity index is 1.99. The number of methoxy groups -OCH3 is 1. The van der Waals surface area contributed by atoms with E-state index in [9.17, 15) is 0 Å². The van der Waals surface area contributed by atoms with Crippen molar-refractivity contribution in [3.8, 4) is 0 Å². The molecular formula is C13H19NO2. The summed E-state index contributed by atoms with van der Waals surface area (Å²) in [5.41, 5.74) is 2.01.